The highest BCUT2D eigenvalue weighted by Crippen LogP contribution is 2.35. The molecule has 0 saturated heterocycles. The monoisotopic (exact) mass is 385 g/mol. The molecule has 2 rings (SSSR count). The Labute approximate surface area is 155 Å². The van der Waals surface area contributed by atoms with Crippen LogP contribution in [0.25, 0.3) is 0 Å². The van der Waals surface area contributed by atoms with E-state index in [1.165, 1.54) is 24.5 Å². The third-order valence-corrected chi connectivity index (χ3v) is 3.51. The summed E-state index contributed by atoms with van der Waals surface area (Å²) in [5, 5.41) is 2.66. The lowest BCUT2D eigenvalue weighted by Crippen LogP contribution is -2.35. The van der Waals surface area contributed by atoms with Gasteiger partial charge in [-0.15, -0.1) is 0 Å². The normalized spacial score (nSPS) is 12.8. The van der Waals surface area contributed by atoms with Crippen molar-refractivity contribution in [2.24, 2.45) is 5.92 Å². The largest absolute Gasteiger partial charge is 0.483 e. The fourth-order valence-corrected chi connectivity index (χ4v) is 2.31. The van der Waals surface area contributed by atoms with Gasteiger partial charge in [0.2, 0.25) is 0 Å². The van der Waals surface area contributed by atoms with Crippen LogP contribution in [0.4, 0.5) is 13.2 Å². The molecule has 0 spiro atoms. The summed E-state index contributed by atoms with van der Waals surface area (Å²) in [5.41, 5.74) is -0.930. The molecule has 1 aromatic carbocycles. The van der Waals surface area contributed by atoms with Gasteiger partial charge in [-0.1, -0.05) is 26.0 Å². The maximum atomic E-state index is 13.0. The third kappa shape index (κ3) is 6.63. The maximum Gasteiger partial charge on any atom is 0.419 e. The topological polar surface area (TPSA) is 60.7 Å². The summed E-state index contributed by atoms with van der Waals surface area (Å²) in [6.45, 7) is 4.10. The van der Waals surface area contributed by atoms with Crippen LogP contribution in [0.1, 0.15) is 31.2 Å². The quantitative estimate of drug-likeness (QED) is 0.703. The number of benzene rings is 1. The van der Waals surface area contributed by atoms with Crippen molar-refractivity contribution in [1.82, 2.24) is 5.32 Å². The van der Waals surface area contributed by atoms with Crippen LogP contribution in [0.2, 0.25) is 0 Å². The van der Waals surface area contributed by atoms with Gasteiger partial charge in [-0.2, -0.15) is 13.2 Å². The zero-order valence-electron chi connectivity index (χ0n) is 15.1. The minimum absolute atomic E-state index is 0.177. The lowest BCUT2D eigenvalue weighted by Gasteiger charge is -2.18. The molecule has 8 heteroatoms. The van der Waals surface area contributed by atoms with E-state index in [1.807, 2.05) is 13.8 Å². The van der Waals surface area contributed by atoms with Crippen molar-refractivity contribution < 1.29 is 31.9 Å². The third-order valence-electron chi connectivity index (χ3n) is 3.51. The van der Waals surface area contributed by atoms with Gasteiger partial charge in [-0.05, 0) is 30.2 Å². The first-order valence-electron chi connectivity index (χ1n) is 8.47. The van der Waals surface area contributed by atoms with Gasteiger partial charge >= 0.3 is 6.18 Å². The van der Waals surface area contributed by atoms with Crippen molar-refractivity contribution in [3.8, 4) is 5.75 Å². The number of hydrogen-bond donors (Lipinski definition) is 1. The lowest BCUT2D eigenvalue weighted by atomic mass is 10.2. The zero-order valence-corrected chi connectivity index (χ0v) is 15.1. The van der Waals surface area contributed by atoms with Gasteiger partial charge < -0.3 is 19.2 Å². The van der Waals surface area contributed by atoms with Crippen molar-refractivity contribution in [3.63, 3.8) is 0 Å². The van der Waals surface area contributed by atoms with Crippen molar-refractivity contribution in [1.29, 1.82) is 0 Å². The number of nitrogens with one attached hydrogen (secondary N) is 1. The zero-order chi connectivity index (χ0) is 19.9. The first-order chi connectivity index (χ1) is 12.8. The molecule has 1 aromatic heterocycles. The van der Waals surface area contributed by atoms with Gasteiger partial charge in [0.25, 0.3) is 5.91 Å². The highest BCUT2D eigenvalue weighted by atomic mass is 19.4. The van der Waals surface area contributed by atoms with E-state index in [0.717, 1.165) is 6.07 Å². The van der Waals surface area contributed by atoms with Gasteiger partial charge in [0.15, 0.2) is 6.61 Å². The van der Waals surface area contributed by atoms with Gasteiger partial charge in [-0.3, -0.25) is 4.79 Å². The van der Waals surface area contributed by atoms with E-state index in [0.29, 0.717) is 18.3 Å². The number of hydrogen-bond acceptors (Lipinski definition) is 4. The summed E-state index contributed by atoms with van der Waals surface area (Å²) in [7, 11) is 0. The van der Waals surface area contributed by atoms with Crippen LogP contribution in [0, 0.1) is 5.92 Å². The van der Waals surface area contributed by atoms with Gasteiger partial charge in [0.1, 0.15) is 17.6 Å². The molecule has 0 unspecified atom stereocenters. The average Bonchev–Trinajstić information content (AvgIpc) is 3.13. The molecule has 0 aliphatic rings. The van der Waals surface area contributed by atoms with Crippen molar-refractivity contribution in [2.45, 2.75) is 26.1 Å². The Bertz CT molecular complexity index is 714. The van der Waals surface area contributed by atoms with Crippen molar-refractivity contribution in [3.05, 3.63) is 54.0 Å². The predicted molar refractivity (Wildman–Crippen MR) is 92.2 cm³/mol. The molecule has 0 saturated carbocycles. The van der Waals surface area contributed by atoms with Gasteiger partial charge in [0, 0.05) is 6.61 Å². The summed E-state index contributed by atoms with van der Waals surface area (Å²) < 4.78 is 54.8. The molecule has 0 radical (unpaired) electrons. The van der Waals surface area contributed by atoms with E-state index in [1.54, 1.807) is 12.1 Å². The minimum Gasteiger partial charge on any atom is -0.483 e. The Kier molecular flexibility index (Phi) is 7.29. The van der Waals surface area contributed by atoms with E-state index in [9.17, 15) is 18.0 Å². The first kappa shape index (κ1) is 20.8. The van der Waals surface area contributed by atoms with E-state index in [4.69, 9.17) is 13.9 Å². The number of carbonyl (C=O) groups excluding carboxylic acids is 1. The summed E-state index contributed by atoms with van der Waals surface area (Å²) >= 11 is 0. The van der Waals surface area contributed by atoms with Crippen LogP contribution >= 0.6 is 0 Å². The van der Waals surface area contributed by atoms with E-state index < -0.39 is 36.0 Å². The summed E-state index contributed by atoms with van der Waals surface area (Å²) in [6, 6.07) is 7.54. The molecule has 5 nitrogen and oxygen atoms in total. The van der Waals surface area contributed by atoms with E-state index in [-0.39, 0.29) is 6.61 Å². The number of carbonyl (C=O) groups is 1. The van der Waals surface area contributed by atoms with Crippen molar-refractivity contribution >= 4 is 5.91 Å². The second-order valence-electron chi connectivity index (χ2n) is 6.35. The van der Waals surface area contributed by atoms with E-state index in [2.05, 4.69) is 5.32 Å². The lowest BCUT2D eigenvalue weighted by molar-refractivity contribution is -0.139. The first-order valence-corrected chi connectivity index (χ1v) is 8.47. The molecule has 1 amide bonds. The molecule has 148 valence electrons. The number of amides is 1. The molecule has 0 bridgehead atoms. The Morgan fingerprint density at radius 1 is 1.15 bits per heavy atom. The smallest absolute Gasteiger partial charge is 0.419 e. The predicted octanol–water partition coefficient (Wildman–Crippen LogP) is 4.21. The Hall–Kier alpha value is -2.48. The van der Waals surface area contributed by atoms with Crippen LogP contribution < -0.4 is 10.1 Å². The fourth-order valence-electron chi connectivity index (χ4n) is 2.31. The minimum atomic E-state index is -4.56. The number of halogens is 3. The van der Waals surface area contributed by atoms with Gasteiger partial charge in [0.05, 0.1) is 18.4 Å². The standard InChI is InChI=1S/C19H22F3NO4/c1-13(2)10-25-11-15(17-8-5-9-26-17)23-18(24)12-27-16-7-4-3-6-14(16)19(20,21)22/h3-9,13,15H,10-12H2,1-2H3,(H,23,24)/t15-/m0/s1. The van der Waals surface area contributed by atoms with E-state index >= 15 is 0 Å². The Balaban J connectivity index is 1.96. The molecule has 1 atom stereocenters. The molecule has 0 fully saturated rings. The Morgan fingerprint density at radius 3 is 2.52 bits per heavy atom. The maximum absolute atomic E-state index is 13.0. The van der Waals surface area contributed by atoms with Gasteiger partial charge in [-0.25, -0.2) is 0 Å². The number of furan rings is 1. The van der Waals surface area contributed by atoms with Crippen LogP contribution in [0.5, 0.6) is 5.75 Å². The number of alkyl halides is 3. The highest BCUT2D eigenvalue weighted by molar-refractivity contribution is 5.78. The molecule has 1 heterocycles. The number of para-hydroxylation sites is 1. The highest BCUT2D eigenvalue weighted by Gasteiger charge is 2.34. The second kappa shape index (κ2) is 9.45. The van der Waals surface area contributed by atoms with Crippen LogP contribution in [-0.2, 0) is 15.7 Å². The number of rotatable bonds is 9. The van der Waals surface area contributed by atoms with Crippen molar-refractivity contribution in [2.75, 3.05) is 19.8 Å². The summed E-state index contributed by atoms with van der Waals surface area (Å²) in [6.07, 6.45) is -3.10. The second-order valence-corrected chi connectivity index (χ2v) is 6.35. The SMILES string of the molecule is CC(C)COC[C@H](NC(=O)COc1ccccc1C(F)(F)F)c1ccco1. The summed E-state index contributed by atoms with van der Waals surface area (Å²) in [5.74, 6) is -0.171. The molecular formula is C19H22F3NO4. The molecule has 27 heavy (non-hydrogen) atoms. The molecule has 0 aliphatic heterocycles. The van der Waals surface area contributed by atoms with Crippen LogP contribution in [0.15, 0.2) is 47.1 Å². The molecular weight excluding hydrogens is 363 g/mol. The Morgan fingerprint density at radius 2 is 1.89 bits per heavy atom. The average molecular weight is 385 g/mol. The molecule has 0 aliphatic carbocycles. The molecule has 2 aromatic rings. The number of ether oxygens (including phenoxy) is 2. The molecule has 1 N–H and O–H groups in total. The summed E-state index contributed by atoms with van der Waals surface area (Å²) in [4.78, 5) is 12.2. The van der Waals surface area contributed by atoms with Crippen LogP contribution in [-0.4, -0.2) is 25.7 Å². The van der Waals surface area contributed by atoms with Crippen LogP contribution in [0.3, 0.4) is 0 Å². The fraction of sp³-hybridized carbons (Fsp3) is 0.421.